The van der Waals surface area contributed by atoms with Crippen molar-refractivity contribution in [1.29, 1.82) is 0 Å². The van der Waals surface area contributed by atoms with E-state index in [0.29, 0.717) is 30.8 Å². The van der Waals surface area contributed by atoms with Crippen molar-refractivity contribution in [2.24, 2.45) is 17.6 Å². The molecular weight excluding hydrogens is 358 g/mol. The van der Waals surface area contributed by atoms with Crippen LogP contribution >= 0.6 is 11.8 Å². The Hall–Kier alpha value is -1.13. The molecule has 2 fully saturated rings. The predicted molar refractivity (Wildman–Crippen MR) is 97.1 cm³/mol. The van der Waals surface area contributed by atoms with Crippen molar-refractivity contribution in [1.82, 2.24) is 10.2 Å². The summed E-state index contributed by atoms with van der Waals surface area (Å²) in [6.45, 7) is 4.57. The van der Waals surface area contributed by atoms with Gasteiger partial charge in [0.25, 0.3) is 0 Å². The zero-order chi connectivity index (χ0) is 19.2. The Morgan fingerprint density at radius 1 is 1.46 bits per heavy atom. The molecule has 0 spiro atoms. The largest absolute Gasteiger partial charge is 0.477 e. The number of carboxylic acids is 1. The van der Waals surface area contributed by atoms with Gasteiger partial charge in [-0.25, -0.2) is 4.79 Å². The molecule has 0 aromatic heterocycles. The van der Waals surface area contributed by atoms with E-state index in [1.54, 1.807) is 6.92 Å². The zero-order valence-electron chi connectivity index (χ0n) is 15.0. The van der Waals surface area contributed by atoms with Crippen molar-refractivity contribution in [3.8, 4) is 0 Å². The van der Waals surface area contributed by atoms with Gasteiger partial charge in [-0.3, -0.25) is 4.79 Å². The van der Waals surface area contributed by atoms with E-state index in [1.807, 2.05) is 6.92 Å². The van der Waals surface area contributed by atoms with Crippen LogP contribution in [0.1, 0.15) is 26.7 Å². The zero-order valence-corrected chi connectivity index (χ0v) is 15.8. The first-order valence-electron chi connectivity index (χ1n) is 9.04. The Morgan fingerprint density at radius 2 is 2.15 bits per heavy atom. The first-order valence-corrected chi connectivity index (χ1v) is 9.92. The number of fused-ring (bicyclic) bond motifs is 1. The number of nitrogens with zero attached hydrogens (tertiary/aromatic N) is 1. The Morgan fingerprint density at radius 3 is 2.73 bits per heavy atom. The van der Waals surface area contributed by atoms with E-state index >= 15 is 0 Å². The van der Waals surface area contributed by atoms with Crippen LogP contribution in [-0.2, 0) is 9.59 Å². The Kier molecular flexibility index (Phi) is 5.64. The SMILES string of the molecule is C[C@@H](O)[C@H]1C(=O)N2C(C(=O)O)=C(S[C@@H]3CN[C@H]([C@H](O)CCN)C3)[C@H](C)[C@H]12. The molecule has 2 saturated heterocycles. The van der Waals surface area contributed by atoms with Crippen LogP contribution in [-0.4, -0.2) is 74.7 Å². The molecule has 0 saturated carbocycles. The molecule has 0 unspecified atom stereocenters. The summed E-state index contributed by atoms with van der Waals surface area (Å²) in [4.78, 5) is 26.2. The molecule has 0 bridgehead atoms. The third-order valence-corrected chi connectivity index (χ3v) is 7.17. The van der Waals surface area contributed by atoms with Crippen molar-refractivity contribution >= 4 is 23.6 Å². The van der Waals surface area contributed by atoms with Crippen molar-refractivity contribution in [2.45, 2.75) is 56.2 Å². The summed E-state index contributed by atoms with van der Waals surface area (Å²) in [6, 6.07) is -0.338. The lowest BCUT2D eigenvalue weighted by Crippen LogP contribution is -2.63. The maximum atomic E-state index is 12.3. The van der Waals surface area contributed by atoms with Gasteiger partial charge in [-0.05, 0) is 26.3 Å². The van der Waals surface area contributed by atoms with Crippen LogP contribution in [0.25, 0.3) is 0 Å². The Labute approximate surface area is 156 Å². The molecule has 0 aromatic carbocycles. The molecule has 3 aliphatic rings. The van der Waals surface area contributed by atoms with Gasteiger partial charge >= 0.3 is 5.97 Å². The number of carbonyl (C=O) groups is 2. The maximum Gasteiger partial charge on any atom is 0.353 e. The number of aliphatic carboxylic acids is 1. The highest BCUT2D eigenvalue weighted by Gasteiger charge is 2.60. The third kappa shape index (κ3) is 3.16. The number of carboxylic acid groups (broad SMARTS) is 1. The first-order chi connectivity index (χ1) is 12.3. The van der Waals surface area contributed by atoms with E-state index in [1.165, 1.54) is 16.7 Å². The van der Waals surface area contributed by atoms with Crippen LogP contribution in [0.2, 0.25) is 0 Å². The van der Waals surface area contributed by atoms with Crippen LogP contribution in [0.15, 0.2) is 10.6 Å². The van der Waals surface area contributed by atoms with Crippen molar-refractivity contribution < 1.29 is 24.9 Å². The van der Waals surface area contributed by atoms with Gasteiger partial charge in [-0.15, -0.1) is 11.8 Å². The normalized spacial score (nSPS) is 36.1. The quantitative estimate of drug-likeness (QED) is 0.364. The van der Waals surface area contributed by atoms with Crippen molar-refractivity contribution in [2.75, 3.05) is 13.1 Å². The number of carbonyl (C=O) groups excluding carboxylic acids is 1. The fourth-order valence-corrected chi connectivity index (χ4v) is 5.84. The lowest BCUT2D eigenvalue weighted by atomic mass is 9.79. The molecule has 3 heterocycles. The van der Waals surface area contributed by atoms with Crippen LogP contribution in [0.3, 0.4) is 0 Å². The highest BCUT2D eigenvalue weighted by molar-refractivity contribution is 8.03. The molecule has 0 aromatic rings. The van der Waals surface area contributed by atoms with Crippen LogP contribution < -0.4 is 11.1 Å². The summed E-state index contributed by atoms with van der Waals surface area (Å²) in [5, 5.41) is 33.0. The molecule has 7 atom stereocenters. The molecule has 3 rings (SSSR count). The number of β-lactam (4-membered cyclic amide) rings is 1. The highest BCUT2D eigenvalue weighted by atomic mass is 32.2. The second-order valence-electron chi connectivity index (χ2n) is 7.41. The van der Waals surface area contributed by atoms with Gasteiger partial charge in [0.2, 0.25) is 5.91 Å². The summed E-state index contributed by atoms with van der Waals surface area (Å²) in [5.41, 5.74) is 5.55. The predicted octanol–water partition coefficient (Wildman–Crippen LogP) is -0.686. The summed E-state index contributed by atoms with van der Waals surface area (Å²) < 4.78 is 0. The molecule has 146 valence electrons. The number of thioether (sulfide) groups is 1. The molecular formula is C17H27N3O5S. The highest BCUT2D eigenvalue weighted by Crippen LogP contribution is 2.51. The van der Waals surface area contributed by atoms with E-state index in [9.17, 15) is 24.9 Å². The van der Waals surface area contributed by atoms with Crippen LogP contribution in [0.4, 0.5) is 0 Å². The molecule has 0 radical (unpaired) electrons. The molecule has 3 aliphatic heterocycles. The number of rotatable bonds is 7. The lowest BCUT2D eigenvalue weighted by molar-refractivity contribution is -0.163. The van der Waals surface area contributed by atoms with Crippen molar-refractivity contribution in [3.63, 3.8) is 0 Å². The molecule has 6 N–H and O–H groups in total. The summed E-state index contributed by atoms with van der Waals surface area (Å²) in [6.07, 6.45) is -0.0716. The number of nitrogens with one attached hydrogen (secondary N) is 1. The molecule has 9 heteroatoms. The first kappa shape index (κ1) is 19.6. The maximum absolute atomic E-state index is 12.3. The molecule has 26 heavy (non-hydrogen) atoms. The third-order valence-electron chi connectivity index (χ3n) is 5.66. The summed E-state index contributed by atoms with van der Waals surface area (Å²) >= 11 is 1.48. The minimum absolute atomic E-state index is 0.0505. The molecule has 1 amide bonds. The Balaban J connectivity index is 1.75. The fourth-order valence-electron chi connectivity index (χ4n) is 4.35. The number of hydrogen-bond acceptors (Lipinski definition) is 7. The monoisotopic (exact) mass is 385 g/mol. The van der Waals surface area contributed by atoms with Gasteiger partial charge in [-0.2, -0.15) is 0 Å². The van der Waals surface area contributed by atoms with Crippen LogP contribution in [0, 0.1) is 11.8 Å². The minimum Gasteiger partial charge on any atom is -0.477 e. The van der Waals surface area contributed by atoms with Gasteiger partial charge < -0.3 is 31.3 Å². The van der Waals surface area contributed by atoms with Crippen LogP contribution in [0.5, 0.6) is 0 Å². The van der Waals surface area contributed by atoms with Gasteiger partial charge in [0, 0.05) is 28.7 Å². The fraction of sp³-hybridized carbons (Fsp3) is 0.765. The molecule has 8 nitrogen and oxygen atoms in total. The number of aliphatic hydroxyl groups is 2. The number of amides is 1. The second-order valence-corrected chi connectivity index (χ2v) is 8.75. The van der Waals surface area contributed by atoms with Gasteiger partial charge in [0.05, 0.1) is 24.2 Å². The molecule has 0 aliphatic carbocycles. The minimum atomic E-state index is -1.11. The summed E-state index contributed by atoms with van der Waals surface area (Å²) in [7, 11) is 0. The van der Waals surface area contributed by atoms with E-state index < -0.39 is 24.1 Å². The van der Waals surface area contributed by atoms with Crippen molar-refractivity contribution in [3.05, 3.63) is 10.6 Å². The van der Waals surface area contributed by atoms with E-state index in [2.05, 4.69) is 5.32 Å². The number of hydrogen-bond donors (Lipinski definition) is 5. The average molecular weight is 385 g/mol. The van der Waals surface area contributed by atoms with E-state index in [-0.39, 0.29) is 34.9 Å². The smallest absolute Gasteiger partial charge is 0.353 e. The second kappa shape index (κ2) is 7.47. The number of nitrogens with two attached hydrogens (primary N) is 1. The van der Waals surface area contributed by atoms with Gasteiger partial charge in [-0.1, -0.05) is 6.92 Å². The van der Waals surface area contributed by atoms with E-state index in [0.717, 1.165) is 0 Å². The van der Waals surface area contributed by atoms with Gasteiger partial charge in [0.1, 0.15) is 5.70 Å². The Bertz CT molecular complexity index is 626. The topological polar surface area (TPSA) is 136 Å². The average Bonchev–Trinajstić information content (AvgIpc) is 3.11. The summed E-state index contributed by atoms with van der Waals surface area (Å²) in [5.74, 6) is -2.09. The standard InChI is InChI=1S/C17H27N3O5S/c1-7-13-12(8(2)21)16(23)20(13)14(17(24)25)15(7)26-9-5-10(19-6-9)11(22)3-4-18/h7-13,19,21-22H,3-6,18H2,1-2H3,(H,24,25)/t7-,8-,9+,10+,11-,12-,13-/m1/s1. The lowest BCUT2D eigenvalue weighted by Gasteiger charge is -2.46. The van der Waals surface area contributed by atoms with E-state index in [4.69, 9.17) is 5.73 Å². The van der Waals surface area contributed by atoms with Gasteiger partial charge in [0.15, 0.2) is 0 Å². The number of aliphatic hydroxyl groups excluding tert-OH is 2.